The molecule has 4 heavy (non-hydrogen) atoms. The fraction of sp³-hybridized carbons (Fsp3) is 1.00. The third-order valence-electron chi connectivity index (χ3n) is 0.0680. The van der Waals surface area contributed by atoms with Gasteiger partial charge >= 0.3 is 0 Å². The Morgan fingerprint density at radius 2 is 2.25 bits per heavy atom. The smallest absolute Gasteiger partial charge is 0.0478 e. The van der Waals surface area contributed by atoms with Crippen molar-refractivity contribution < 1.29 is 4.18 Å². The summed E-state index contributed by atoms with van der Waals surface area (Å²) in [6.45, 7) is 0. The van der Waals surface area contributed by atoms with Gasteiger partial charge in [-0.05, 0) is 0 Å². The minimum Gasteiger partial charge on any atom is -0.689 e. The van der Waals surface area contributed by atoms with Gasteiger partial charge in [-0.25, -0.2) is 0 Å². The lowest BCUT2D eigenvalue weighted by atomic mass is 11.8. The van der Waals surface area contributed by atoms with Crippen molar-refractivity contribution >= 4 is 22.7 Å². The SMILES string of the molecule is COS[S-]. The van der Waals surface area contributed by atoms with E-state index in [2.05, 4.69) is 15.8 Å². The molecule has 0 bridgehead atoms. The van der Waals surface area contributed by atoms with Crippen LogP contribution < -0.4 is 0 Å². The molecular weight excluding hydrogens is 92.1 g/mol. The van der Waals surface area contributed by atoms with Crippen LogP contribution in [0.1, 0.15) is 0 Å². The number of rotatable bonds is 1. The Kier molecular flexibility index (Phi) is 4.26. The van der Waals surface area contributed by atoms with Crippen molar-refractivity contribution in [3.8, 4) is 0 Å². The molecule has 0 heterocycles. The first-order valence-electron chi connectivity index (χ1n) is 0.742. The molecule has 0 saturated heterocycles. The van der Waals surface area contributed by atoms with E-state index in [1.54, 1.807) is 0 Å². The van der Waals surface area contributed by atoms with E-state index in [1.807, 2.05) is 0 Å². The van der Waals surface area contributed by atoms with Crippen molar-refractivity contribution in [3.63, 3.8) is 0 Å². The minimum atomic E-state index is 0.940. The zero-order valence-electron chi connectivity index (χ0n) is 2.22. The van der Waals surface area contributed by atoms with Crippen LogP contribution in [-0.2, 0) is 15.8 Å². The molecule has 0 aliphatic carbocycles. The highest BCUT2D eigenvalue weighted by Crippen LogP contribution is 1.87. The van der Waals surface area contributed by atoms with Gasteiger partial charge in [0, 0.05) is 7.11 Å². The average molecular weight is 95.2 g/mol. The molecule has 0 aromatic heterocycles. The van der Waals surface area contributed by atoms with Gasteiger partial charge < -0.3 is 15.8 Å². The van der Waals surface area contributed by atoms with Crippen LogP contribution in [0, 0.1) is 0 Å². The van der Waals surface area contributed by atoms with Gasteiger partial charge in [0.1, 0.15) is 0 Å². The van der Waals surface area contributed by atoms with Gasteiger partial charge in [0.25, 0.3) is 0 Å². The third kappa shape index (κ3) is 2.66. The fourth-order valence-electron chi connectivity index (χ4n) is 0. The van der Waals surface area contributed by atoms with Gasteiger partial charge in [-0.15, -0.1) is 0 Å². The van der Waals surface area contributed by atoms with E-state index in [4.69, 9.17) is 0 Å². The zero-order chi connectivity index (χ0) is 3.41. The lowest BCUT2D eigenvalue weighted by Gasteiger charge is -1.92. The van der Waals surface area contributed by atoms with Crippen LogP contribution in [0.2, 0.25) is 0 Å². The molecule has 1 nitrogen and oxygen atoms in total. The third-order valence-corrected chi connectivity index (χ3v) is 0.612. The highest BCUT2D eigenvalue weighted by molar-refractivity contribution is 8.56. The summed E-state index contributed by atoms with van der Waals surface area (Å²) in [4.78, 5) is 0. The zero-order valence-corrected chi connectivity index (χ0v) is 3.86. The van der Waals surface area contributed by atoms with Crippen LogP contribution in [0.3, 0.4) is 0 Å². The molecule has 0 aromatic rings. The van der Waals surface area contributed by atoms with Gasteiger partial charge in [0.2, 0.25) is 0 Å². The Bertz CT molecular complexity index is 8.00. The maximum Gasteiger partial charge on any atom is 0.0478 e. The summed E-state index contributed by atoms with van der Waals surface area (Å²) in [5, 5.41) is 0. The Balaban J connectivity index is 1.97. The molecule has 0 amide bonds. The van der Waals surface area contributed by atoms with Crippen molar-refractivity contribution in [1.29, 1.82) is 0 Å². The van der Waals surface area contributed by atoms with E-state index in [0.717, 1.165) is 11.1 Å². The van der Waals surface area contributed by atoms with Crippen LogP contribution in [0.5, 0.6) is 0 Å². The first-order chi connectivity index (χ1) is 1.91. The molecule has 0 N–H and O–H groups in total. The van der Waals surface area contributed by atoms with Crippen LogP contribution in [0.15, 0.2) is 0 Å². The lowest BCUT2D eigenvalue weighted by Crippen LogP contribution is -1.51. The van der Waals surface area contributed by atoms with Crippen LogP contribution in [0.4, 0.5) is 0 Å². The fourth-order valence-corrected chi connectivity index (χ4v) is 0. The molecule has 0 aromatic carbocycles. The minimum absolute atomic E-state index is 0.940. The summed E-state index contributed by atoms with van der Waals surface area (Å²) in [5.41, 5.74) is 0. The van der Waals surface area contributed by atoms with Crippen molar-refractivity contribution in [1.82, 2.24) is 0 Å². The first kappa shape index (κ1) is 4.66. The molecule has 0 aliphatic heterocycles. The summed E-state index contributed by atoms with van der Waals surface area (Å²) < 4.78 is 4.27. The predicted molar refractivity (Wildman–Crippen MR) is 22.0 cm³/mol. The Labute approximate surface area is 34.7 Å². The highest BCUT2D eigenvalue weighted by atomic mass is 33.1. The lowest BCUT2D eigenvalue weighted by molar-refractivity contribution is 0.498. The maximum atomic E-state index is 4.27. The quantitative estimate of drug-likeness (QED) is 0.270. The molecule has 26 valence electrons. The van der Waals surface area contributed by atoms with Gasteiger partial charge in [-0.3, -0.25) is 0 Å². The van der Waals surface area contributed by atoms with E-state index >= 15 is 0 Å². The molecular formula is CH3OS2-. The van der Waals surface area contributed by atoms with E-state index in [-0.39, 0.29) is 0 Å². The first-order valence-corrected chi connectivity index (χ1v) is 2.41. The monoisotopic (exact) mass is 95.0 g/mol. The second-order valence-electron chi connectivity index (χ2n) is 0.235. The second-order valence-corrected chi connectivity index (χ2v) is 1.11. The van der Waals surface area contributed by atoms with Crippen LogP contribution in [0.25, 0.3) is 0 Å². The van der Waals surface area contributed by atoms with Crippen molar-refractivity contribution in [3.05, 3.63) is 0 Å². The van der Waals surface area contributed by atoms with E-state index in [0.29, 0.717) is 0 Å². The van der Waals surface area contributed by atoms with E-state index in [1.165, 1.54) is 7.11 Å². The molecule has 0 rings (SSSR count). The van der Waals surface area contributed by atoms with Crippen LogP contribution >= 0.6 is 11.1 Å². The Morgan fingerprint density at radius 3 is 2.25 bits per heavy atom. The molecule has 3 heteroatoms. The van der Waals surface area contributed by atoms with Crippen molar-refractivity contribution in [2.24, 2.45) is 0 Å². The average Bonchev–Trinajstić information content (AvgIpc) is 1.37. The second kappa shape index (κ2) is 3.66. The van der Waals surface area contributed by atoms with Crippen molar-refractivity contribution in [2.45, 2.75) is 0 Å². The molecule has 0 saturated carbocycles. The maximum absolute atomic E-state index is 4.27. The predicted octanol–water partition coefficient (Wildman–Crippen LogP) is 0.743. The van der Waals surface area contributed by atoms with Gasteiger partial charge in [0.15, 0.2) is 0 Å². The van der Waals surface area contributed by atoms with Crippen molar-refractivity contribution in [2.75, 3.05) is 7.11 Å². The summed E-state index contributed by atoms with van der Waals surface area (Å²) in [5.74, 6) is 0. The van der Waals surface area contributed by atoms with Gasteiger partial charge in [0.05, 0.1) is 0 Å². The standard InChI is InChI=1S/CH4OS2/c1-2-4-3/h3H,1H3/p-1. The van der Waals surface area contributed by atoms with Gasteiger partial charge in [-0.1, -0.05) is 0 Å². The molecule has 0 spiro atoms. The molecule has 0 radical (unpaired) electrons. The molecule has 0 unspecified atom stereocenters. The molecule has 0 atom stereocenters. The Morgan fingerprint density at radius 1 is 2.00 bits per heavy atom. The Hall–Kier alpha value is 0.660. The van der Waals surface area contributed by atoms with Crippen LogP contribution in [-0.4, -0.2) is 7.11 Å². The van der Waals surface area contributed by atoms with E-state index < -0.39 is 0 Å². The topological polar surface area (TPSA) is 9.23 Å². The largest absolute Gasteiger partial charge is 0.689 e. The molecule has 0 fully saturated rings. The summed E-state index contributed by atoms with van der Waals surface area (Å²) >= 11 is 5.19. The highest BCUT2D eigenvalue weighted by Gasteiger charge is 1.37. The summed E-state index contributed by atoms with van der Waals surface area (Å²) in [6, 6.07) is 0. The number of hydrogen-bond donors (Lipinski definition) is 0. The summed E-state index contributed by atoms with van der Waals surface area (Å²) in [7, 11) is 1.54. The normalized spacial score (nSPS) is 7.50. The van der Waals surface area contributed by atoms with E-state index in [9.17, 15) is 0 Å². The summed E-state index contributed by atoms with van der Waals surface area (Å²) in [6.07, 6.45) is 0. The number of hydrogen-bond acceptors (Lipinski definition) is 3. The molecule has 0 aliphatic rings. The van der Waals surface area contributed by atoms with Gasteiger partial charge in [-0.2, -0.15) is 11.1 Å².